The Balaban J connectivity index is 1.96. The van der Waals surface area contributed by atoms with Gasteiger partial charge in [-0.1, -0.05) is 116 Å². The summed E-state index contributed by atoms with van der Waals surface area (Å²) in [4.78, 5) is 12.4. The van der Waals surface area contributed by atoms with Crippen LogP contribution in [0.2, 0.25) is 0 Å². The summed E-state index contributed by atoms with van der Waals surface area (Å²) in [5.74, 6) is 0. The highest BCUT2D eigenvalue weighted by Gasteiger charge is 2.51. The second-order valence-corrected chi connectivity index (χ2v) is 13.2. The first kappa shape index (κ1) is 36.2. The number of ether oxygens (including phenoxy) is 1. The van der Waals surface area contributed by atoms with Gasteiger partial charge in [0.15, 0.2) is 0 Å². The first-order valence-corrected chi connectivity index (χ1v) is 17.3. The number of alkyl carbamates (subject to hydrolysis) is 1. The van der Waals surface area contributed by atoms with Crippen LogP contribution in [0.5, 0.6) is 0 Å². The number of hydrogen-bond acceptors (Lipinski definition) is 4. The Morgan fingerprint density at radius 1 is 0.659 bits per heavy atom. The summed E-state index contributed by atoms with van der Waals surface area (Å²) in [5.41, 5.74) is 1.27. The predicted octanol–water partition coefficient (Wildman–Crippen LogP) is 9.99. The minimum absolute atomic E-state index is 0.176. The molecule has 0 bridgehead atoms. The van der Waals surface area contributed by atoms with Gasteiger partial charge in [0.2, 0.25) is 5.60 Å². The summed E-state index contributed by atoms with van der Waals surface area (Å²) >= 11 is 0. The van der Waals surface area contributed by atoms with E-state index in [4.69, 9.17) is 4.74 Å². The van der Waals surface area contributed by atoms with Crippen molar-refractivity contribution in [3.05, 3.63) is 0 Å². The quantitative estimate of drug-likeness (QED) is 0.344. The molecule has 0 aromatic heterocycles. The molecule has 1 aliphatic heterocycles. The standard InChI is InChI=1S/C33H62F3N3O2/c1-32(2,33(34,35)36)41-31(40)38-29-23-18-14-10-9-13-17-21-28-39(37-27-22-24-29)30-25-19-15-11-7-5-3-4-6-8-12-16-20-26-30/h29-30,37H,3-28H2,1-2H3,(H,38,40). The molecule has 0 spiro atoms. The lowest BCUT2D eigenvalue weighted by atomic mass is 9.99. The Morgan fingerprint density at radius 3 is 1.56 bits per heavy atom. The Bertz CT molecular complexity index is 659. The van der Waals surface area contributed by atoms with Crippen LogP contribution >= 0.6 is 0 Å². The van der Waals surface area contributed by atoms with Gasteiger partial charge in [0, 0.05) is 25.2 Å². The minimum Gasteiger partial charge on any atom is -0.434 e. The summed E-state index contributed by atoms with van der Waals surface area (Å²) in [7, 11) is 0. The van der Waals surface area contributed by atoms with Crippen LogP contribution in [0.4, 0.5) is 18.0 Å². The van der Waals surface area contributed by atoms with Gasteiger partial charge < -0.3 is 10.1 Å². The average molecular weight is 590 g/mol. The Morgan fingerprint density at radius 2 is 1.07 bits per heavy atom. The molecule has 1 saturated carbocycles. The van der Waals surface area contributed by atoms with Crippen molar-refractivity contribution in [1.82, 2.24) is 15.8 Å². The zero-order chi connectivity index (χ0) is 29.8. The molecule has 2 N–H and O–H groups in total. The monoisotopic (exact) mass is 589 g/mol. The first-order valence-electron chi connectivity index (χ1n) is 17.3. The Labute approximate surface area is 249 Å². The average Bonchev–Trinajstić information content (AvgIpc) is 2.92. The highest BCUT2D eigenvalue weighted by molar-refractivity contribution is 5.68. The third-order valence-electron chi connectivity index (χ3n) is 9.11. The van der Waals surface area contributed by atoms with Gasteiger partial charge in [-0.05, 0) is 52.4 Å². The van der Waals surface area contributed by atoms with E-state index in [0.717, 1.165) is 59.0 Å². The fourth-order valence-corrected chi connectivity index (χ4v) is 6.28. The molecule has 1 aliphatic carbocycles. The molecule has 1 saturated heterocycles. The number of carbonyl (C=O) groups excluding carboxylic acids is 1. The van der Waals surface area contributed by atoms with E-state index < -0.39 is 17.9 Å². The molecule has 0 aromatic rings. The largest absolute Gasteiger partial charge is 0.434 e. The van der Waals surface area contributed by atoms with Gasteiger partial charge in [0.1, 0.15) is 0 Å². The van der Waals surface area contributed by atoms with E-state index >= 15 is 0 Å². The Hall–Kier alpha value is -1.02. The van der Waals surface area contributed by atoms with Crippen LogP contribution in [0.1, 0.15) is 168 Å². The molecule has 41 heavy (non-hydrogen) atoms. The Kier molecular flexibility index (Phi) is 18.4. The van der Waals surface area contributed by atoms with Crippen molar-refractivity contribution in [1.29, 1.82) is 0 Å². The molecule has 2 aliphatic rings. The molecule has 5 nitrogen and oxygen atoms in total. The third-order valence-corrected chi connectivity index (χ3v) is 9.11. The van der Waals surface area contributed by atoms with E-state index in [0.29, 0.717) is 6.04 Å². The highest BCUT2D eigenvalue weighted by Crippen LogP contribution is 2.33. The predicted molar refractivity (Wildman–Crippen MR) is 163 cm³/mol. The van der Waals surface area contributed by atoms with Crippen LogP contribution in [0, 0.1) is 0 Å². The van der Waals surface area contributed by atoms with Crippen LogP contribution in [0.3, 0.4) is 0 Å². The molecule has 242 valence electrons. The summed E-state index contributed by atoms with van der Waals surface area (Å²) in [5, 5.41) is 5.31. The van der Waals surface area contributed by atoms with Crippen molar-refractivity contribution >= 4 is 6.09 Å². The molecule has 0 aromatic carbocycles. The molecule has 1 amide bonds. The second kappa shape index (κ2) is 20.8. The summed E-state index contributed by atoms with van der Waals surface area (Å²) in [6.07, 6.45) is 23.8. The maximum Gasteiger partial charge on any atom is 0.427 e. The van der Waals surface area contributed by atoms with Crippen molar-refractivity contribution in [2.75, 3.05) is 13.1 Å². The minimum atomic E-state index is -4.61. The van der Waals surface area contributed by atoms with Crippen LogP contribution in [-0.4, -0.2) is 48.1 Å². The molecule has 2 rings (SSSR count). The summed E-state index contributed by atoms with van der Waals surface area (Å²) < 4.78 is 44.5. The maximum absolute atomic E-state index is 13.2. The maximum atomic E-state index is 13.2. The van der Waals surface area contributed by atoms with Gasteiger partial charge in [0.05, 0.1) is 0 Å². The van der Waals surface area contributed by atoms with Crippen LogP contribution in [0.25, 0.3) is 0 Å². The summed E-state index contributed by atoms with van der Waals surface area (Å²) in [6, 6.07) is 0.384. The fraction of sp³-hybridized carbons (Fsp3) is 0.970. The zero-order valence-corrected chi connectivity index (χ0v) is 26.4. The van der Waals surface area contributed by atoms with E-state index in [1.807, 2.05) is 0 Å². The smallest absolute Gasteiger partial charge is 0.427 e. The van der Waals surface area contributed by atoms with E-state index in [2.05, 4.69) is 15.8 Å². The molecule has 1 unspecified atom stereocenters. The number of alkyl halides is 3. The topological polar surface area (TPSA) is 53.6 Å². The molecule has 1 heterocycles. The number of halogens is 3. The zero-order valence-electron chi connectivity index (χ0n) is 26.4. The van der Waals surface area contributed by atoms with Gasteiger partial charge in [0.25, 0.3) is 0 Å². The molecule has 1 atom stereocenters. The van der Waals surface area contributed by atoms with Gasteiger partial charge in [-0.3, -0.25) is 5.43 Å². The van der Waals surface area contributed by atoms with E-state index in [9.17, 15) is 18.0 Å². The van der Waals surface area contributed by atoms with Crippen molar-refractivity contribution in [3.8, 4) is 0 Å². The highest BCUT2D eigenvalue weighted by atomic mass is 19.4. The van der Waals surface area contributed by atoms with Gasteiger partial charge in [-0.15, -0.1) is 0 Å². The third kappa shape index (κ3) is 16.4. The first-order chi connectivity index (χ1) is 19.7. The number of amides is 1. The molecule has 0 radical (unpaired) electrons. The lowest BCUT2D eigenvalue weighted by Gasteiger charge is -2.33. The SMILES string of the molecule is CC(C)(OC(=O)NC1CCCCCCCCCN(C2CCCCCCCCCCCCCC2)NCCC1)C(F)(F)F. The number of nitrogens with zero attached hydrogens (tertiary/aromatic N) is 1. The molecule has 8 heteroatoms. The van der Waals surface area contributed by atoms with Gasteiger partial charge in [-0.25, -0.2) is 9.80 Å². The lowest BCUT2D eigenvalue weighted by molar-refractivity contribution is -0.244. The van der Waals surface area contributed by atoms with E-state index in [1.165, 1.54) is 122 Å². The van der Waals surface area contributed by atoms with Crippen molar-refractivity contribution in [3.63, 3.8) is 0 Å². The number of hydrogen-bond donors (Lipinski definition) is 2. The number of nitrogens with one attached hydrogen (secondary N) is 2. The molecular weight excluding hydrogens is 527 g/mol. The van der Waals surface area contributed by atoms with Crippen molar-refractivity contribution in [2.45, 2.75) is 192 Å². The number of carbonyl (C=O) groups is 1. The molecule has 2 fully saturated rings. The second-order valence-electron chi connectivity index (χ2n) is 13.2. The van der Waals surface area contributed by atoms with Gasteiger partial charge in [-0.2, -0.15) is 13.2 Å². The van der Waals surface area contributed by atoms with Crippen molar-refractivity contribution < 1.29 is 22.7 Å². The van der Waals surface area contributed by atoms with Crippen LogP contribution in [0.15, 0.2) is 0 Å². The number of hydrazine groups is 1. The van der Waals surface area contributed by atoms with Gasteiger partial charge >= 0.3 is 12.3 Å². The van der Waals surface area contributed by atoms with Crippen molar-refractivity contribution in [2.24, 2.45) is 0 Å². The molecular formula is C33H62F3N3O2. The van der Waals surface area contributed by atoms with E-state index in [1.54, 1.807) is 0 Å². The number of rotatable bonds is 3. The van der Waals surface area contributed by atoms with Crippen LogP contribution in [-0.2, 0) is 4.74 Å². The summed E-state index contributed by atoms with van der Waals surface area (Å²) in [6.45, 7) is 3.69. The van der Waals surface area contributed by atoms with Crippen LogP contribution < -0.4 is 10.7 Å². The normalized spacial score (nSPS) is 24.7. The fourth-order valence-electron chi connectivity index (χ4n) is 6.28. The lowest BCUT2D eigenvalue weighted by Crippen LogP contribution is -2.48. The van der Waals surface area contributed by atoms with E-state index in [-0.39, 0.29) is 6.04 Å².